The number of aromatic carboxylic acids is 1. The first kappa shape index (κ1) is 13.9. The molecule has 0 spiro atoms. The fourth-order valence-electron chi connectivity index (χ4n) is 1.04. The van der Waals surface area contributed by atoms with E-state index in [2.05, 4.69) is 15.0 Å². The Hall–Kier alpha value is -1.19. The SMILES string of the molecule is CCNS(=O)(=O)CCNc1ncc(C(=O)O)s1. The Morgan fingerprint density at radius 1 is 1.59 bits per heavy atom. The second kappa shape index (κ2) is 5.94. The highest BCUT2D eigenvalue weighted by Crippen LogP contribution is 2.17. The molecule has 1 heterocycles. The smallest absolute Gasteiger partial charge is 0.347 e. The second-order valence-corrected chi connectivity index (χ2v) is 6.04. The highest BCUT2D eigenvalue weighted by molar-refractivity contribution is 7.89. The number of nitrogens with one attached hydrogen (secondary N) is 2. The van der Waals surface area contributed by atoms with E-state index in [0.717, 1.165) is 11.3 Å². The Bertz CT molecular complexity index is 483. The molecule has 17 heavy (non-hydrogen) atoms. The molecule has 1 aromatic rings. The molecule has 0 atom stereocenters. The van der Waals surface area contributed by atoms with Gasteiger partial charge in [-0.05, 0) is 0 Å². The monoisotopic (exact) mass is 279 g/mol. The normalized spacial score (nSPS) is 11.4. The molecule has 0 saturated heterocycles. The number of aromatic nitrogens is 1. The minimum Gasteiger partial charge on any atom is -0.477 e. The molecule has 1 rings (SSSR count). The van der Waals surface area contributed by atoms with Crippen LogP contribution in [0.4, 0.5) is 5.13 Å². The van der Waals surface area contributed by atoms with Gasteiger partial charge in [0.2, 0.25) is 10.0 Å². The molecule has 0 radical (unpaired) electrons. The van der Waals surface area contributed by atoms with E-state index in [-0.39, 0.29) is 17.2 Å². The number of carboxylic acid groups (broad SMARTS) is 1. The van der Waals surface area contributed by atoms with Gasteiger partial charge < -0.3 is 10.4 Å². The molecule has 0 aliphatic rings. The summed E-state index contributed by atoms with van der Waals surface area (Å²) < 4.78 is 24.9. The number of thiazole rings is 1. The van der Waals surface area contributed by atoms with E-state index in [4.69, 9.17) is 5.11 Å². The summed E-state index contributed by atoms with van der Waals surface area (Å²) >= 11 is 0.968. The van der Waals surface area contributed by atoms with Gasteiger partial charge >= 0.3 is 5.97 Å². The molecule has 0 bridgehead atoms. The van der Waals surface area contributed by atoms with Crippen molar-refractivity contribution >= 4 is 32.5 Å². The summed E-state index contributed by atoms with van der Waals surface area (Å²) in [4.78, 5) is 14.5. The van der Waals surface area contributed by atoms with Gasteiger partial charge in [0.15, 0.2) is 5.13 Å². The maximum Gasteiger partial charge on any atom is 0.347 e. The van der Waals surface area contributed by atoms with Crippen LogP contribution >= 0.6 is 11.3 Å². The number of hydrogen-bond donors (Lipinski definition) is 3. The number of rotatable bonds is 7. The summed E-state index contributed by atoms with van der Waals surface area (Å²) in [6, 6.07) is 0. The maximum absolute atomic E-state index is 11.3. The van der Waals surface area contributed by atoms with Crippen molar-refractivity contribution in [2.75, 3.05) is 24.2 Å². The van der Waals surface area contributed by atoms with Crippen molar-refractivity contribution in [3.05, 3.63) is 11.1 Å². The minimum atomic E-state index is -3.26. The summed E-state index contributed by atoms with van der Waals surface area (Å²) in [6.45, 7) is 2.23. The van der Waals surface area contributed by atoms with Gasteiger partial charge in [0.25, 0.3) is 0 Å². The van der Waals surface area contributed by atoms with Crippen molar-refractivity contribution in [2.24, 2.45) is 0 Å². The fraction of sp³-hybridized carbons (Fsp3) is 0.500. The molecule has 7 nitrogen and oxygen atoms in total. The molecule has 0 aromatic carbocycles. The first-order valence-electron chi connectivity index (χ1n) is 4.85. The van der Waals surface area contributed by atoms with E-state index in [1.54, 1.807) is 6.92 Å². The number of sulfonamides is 1. The van der Waals surface area contributed by atoms with Gasteiger partial charge in [-0.3, -0.25) is 0 Å². The Morgan fingerprint density at radius 3 is 2.82 bits per heavy atom. The number of hydrogen-bond acceptors (Lipinski definition) is 6. The van der Waals surface area contributed by atoms with E-state index >= 15 is 0 Å². The van der Waals surface area contributed by atoms with Crippen molar-refractivity contribution in [1.82, 2.24) is 9.71 Å². The first-order valence-corrected chi connectivity index (χ1v) is 7.32. The molecule has 1 aromatic heterocycles. The van der Waals surface area contributed by atoms with Crippen LogP contribution in [-0.2, 0) is 10.0 Å². The Kier molecular flexibility index (Phi) is 4.85. The van der Waals surface area contributed by atoms with E-state index in [9.17, 15) is 13.2 Å². The molecule has 3 N–H and O–H groups in total. The lowest BCUT2D eigenvalue weighted by molar-refractivity contribution is 0.0702. The molecule has 0 saturated carbocycles. The third-order valence-electron chi connectivity index (χ3n) is 1.73. The van der Waals surface area contributed by atoms with Gasteiger partial charge in [-0.2, -0.15) is 0 Å². The molecule has 9 heteroatoms. The van der Waals surface area contributed by atoms with Gasteiger partial charge in [0.1, 0.15) is 4.88 Å². The van der Waals surface area contributed by atoms with Crippen LogP contribution in [-0.4, -0.2) is 43.3 Å². The van der Waals surface area contributed by atoms with Gasteiger partial charge in [-0.25, -0.2) is 22.9 Å². The number of anilines is 1. The molecule has 0 aliphatic heterocycles. The zero-order chi connectivity index (χ0) is 12.9. The van der Waals surface area contributed by atoms with Crippen LogP contribution in [0.5, 0.6) is 0 Å². The summed E-state index contributed by atoms with van der Waals surface area (Å²) in [5, 5.41) is 11.8. The highest BCUT2D eigenvalue weighted by Gasteiger charge is 2.10. The van der Waals surface area contributed by atoms with Crippen LogP contribution in [0.15, 0.2) is 6.20 Å². The van der Waals surface area contributed by atoms with Crippen LogP contribution in [0, 0.1) is 0 Å². The van der Waals surface area contributed by atoms with E-state index in [0.29, 0.717) is 11.7 Å². The lowest BCUT2D eigenvalue weighted by Crippen LogP contribution is -2.29. The Morgan fingerprint density at radius 2 is 2.29 bits per heavy atom. The quantitative estimate of drug-likeness (QED) is 0.657. The lowest BCUT2D eigenvalue weighted by atomic mass is 10.6. The van der Waals surface area contributed by atoms with Crippen molar-refractivity contribution in [1.29, 1.82) is 0 Å². The summed E-state index contributed by atoms with van der Waals surface area (Å²) in [5.41, 5.74) is 0. The zero-order valence-corrected chi connectivity index (χ0v) is 10.8. The molecule has 0 amide bonds. The van der Waals surface area contributed by atoms with Crippen LogP contribution in [0.3, 0.4) is 0 Å². The van der Waals surface area contributed by atoms with Gasteiger partial charge in [-0.15, -0.1) is 0 Å². The van der Waals surface area contributed by atoms with Crippen molar-refractivity contribution in [3.63, 3.8) is 0 Å². The largest absolute Gasteiger partial charge is 0.477 e. The van der Waals surface area contributed by atoms with Crippen molar-refractivity contribution in [3.8, 4) is 0 Å². The summed E-state index contributed by atoms with van der Waals surface area (Å²) in [7, 11) is -3.26. The molecular formula is C8H13N3O4S2. The van der Waals surface area contributed by atoms with Crippen molar-refractivity contribution < 1.29 is 18.3 Å². The summed E-state index contributed by atoms with van der Waals surface area (Å²) in [5.74, 6) is -1.13. The molecular weight excluding hydrogens is 266 g/mol. The van der Waals surface area contributed by atoms with E-state index in [1.807, 2.05) is 0 Å². The number of nitrogens with zero attached hydrogens (tertiary/aromatic N) is 1. The third-order valence-corrected chi connectivity index (χ3v) is 4.14. The van der Waals surface area contributed by atoms with Crippen molar-refractivity contribution in [2.45, 2.75) is 6.92 Å². The topological polar surface area (TPSA) is 108 Å². The van der Waals surface area contributed by atoms with Crippen LogP contribution in [0.25, 0.3) is 0 Å². The first-order chi connectivity index (χ1) is 7.94. The minimum absolute atomic E-state index is 0.0805. The number of carbonyl (C=O) groups is 1. The maximum atomic E-state index is 11.3. The van der Waals surface area contributed by atoms with Gasteiger partial charge in [0, 0.05) is 13.1 Å². The van der Waals surface area contributed by atoms with E-state index in [1.165, 1.54) is 6.20 Å². The van der Waals surface area contributed by atoms with Crippen LogP contribution < -0.4 is 10.0 Å². The second-order valence-electron chi connectivity index (χ2n) is 3.08. The predicted octanol–water partition coefficient (Wildman–Crippen LogP) is 0.192. The van der Waals surface area contributed by atoms with Crippen LogP contribution in [0.1, 0.15) is 16.6 Å². The average Bonchev–Trinajstić information content (AvgIpc) is 2.66. The molecule has 0 aliphatic carbocycles. The predicted molar refractivity (Wildman–Crippen MR) is 65.0 cm³/mol. The van der Waals surface area contributed by atoms with E-state index < -0.39 is 16.0 Å². The fourth-order valence-corrected chi connectivity index (χ4v) is 2.67. The molecule has 0 unspecified atom stereocenters. The standard InChI is InChI=1S/C8H13N3O4S2/c1-2-11-17(14,15)4-3-9-8-10-5-6(16-8)7(12)13/h5,11H,2-4H2,1H3,(H,9,10)(H,12,13). The average molecular weight is 279 g/mol. The lowest BCUT2D eigenvalue weighted by Gasteiger charge is -2.04. The van der Waals surface area contributed by atoms with Gasteiger partial charge in [0.05, 0.1) is 11.9 Å². The molecule has 0 fully saturated rings. The highest BCUT2D eigenvalue weighted by atomic mass is 32.2. The summed E-state index contributed by atoms with van der Waals surface area (Å²) in [6.07, 6.45) is 1.23. The van der Waals surface area contributed by atoms with Gasteiger partial charge in [-0.1, -0.05) is 18.3 Å². The molecule has 96 valence electrons. The Balaban J connectivity index is 2.43. The number of carboxylic acids is 1. The third kappa shape index (κ3) is 4.67. The zero-order valence-electron chi connectivity index (χ0n) is 9.13. The van der Waals surface area contributed by atoms with Crippen LogP contribution in [0.2, 0.25) is 0 Å². The Labute approximate surface area is 103 Å².